The van der Waals surface area contributed by atoms with Crippen LogP contribution in [0.3, 0.4) is 0 Å². The van der Waals surface area contributed by atoms with Gasteiger partial charge in [-0.05, 0) is 0 Å². The minimum absolute atomic E-state index is 0.140. The zero-order chi connectivity index (χ0) is 18.5. The molecule has 2 aromatic carbocycles. The van der Waals surface area contributed by atoms with E-state index in [-0.39, 0.29) is 17.0 Å². The van der Waals surface area contributed by atoms with Crippen molar-refractivity contribution in [2.75, 3.05) is 0 Å². The third-order valence-electron chi connectivity index (χ3n) is 5.59. The average Bonchev–Trinajstić information content (AvgIpc) is 2.52. The molecular formula is C21H27N2OSe. The van der Waals surface area contributed by atoms with Gasteiger partial charge in [-0.25, -0.2) is 0 Å². The number of likely N-dealkylation sites (tertiary alicyclic amines) is 1. The first-order valence-electron chi connectivity index (χ1n) is 8.90. The van der Waals surface area contributed by atoms with Crippen molar-refractivity contribution in [2.24, 2.45) is 5.73 Å². The second-order valence-corrected chi connectivity index (χ2v) is 9.59. The number of nitrogens with two attached hydrogens (primary N) is 1. The molecule has 4 heteroatoms. The molecule has 1 radical (unpaired) electrons. The van der Waals surface area contributed by atoms with Gasteiger partial charge < -0.3 is 0 Å². The number of amides is 1. The number of piperidine rings is 1. The molecule has 0 saturated carbocycles. The van der Waals surface area contributed by atoms with Gasteiger partial charge in [0.25, 0.3) is 0 Å². The standard InChI is InChI=1S/C21H27N2OSe/c1-19(2)13-8-14-20(3,4)23(19)21(25,18(22)24)17-12-7-10-15-9-5-6-11-16(15)17/h5-7,9-12H,8,13-14H2,1-4H3,(H2,22,24). The van der Waals surface area contributed by atoms with E-state index in [1.807, 2.05) is 24.3 Å². The number of primary amides is 1. The summed E-state index contributed by atoms with van der Waals surface area (Å²) in [7, 11) is 0. The normalized spacial score (nSPS) is 22.4. The number of hydrogen-bond acceptors (Lipinski definition) is 2. The molecule has 0 bridgehead atoms. The first-order valence-corrected chi connectivity index (χ1v) is 9.75. The second kappa shape index (κ2) is 6.12. The molecule has 2 N–H and O–H groups in total. The van der Waals surface area contributed by atoms with Crippen LogP contribution in [0, 0.1) is 0 Å². The van der Waals surface area contributed by atoms with Crippen molar-refractivity contribution in [1.82, 2.24) is 4.90 Å². The van der Waals surface area contributed by atoms with Crippen LogP contribution in [0.5, 0.6) is 0 Å². The molecule has 1 unspecified atom stereocenters. The fourth-order valence-electron chi connectivity index (χ4n) is 4.73. The van der Waals surface area contributed by atoms with Gasteiger partial charge in [0.2, 0.25) is 0 Å². The molecule has 1 atom stereocenters. The molecule has 0 aliphatic carbocycles. The Balaban J connectivity index is 2.31. The molecule has 1 aliphatic rings. The van der Waals surface area contributed by atoms with E-state index in [9.17, 15) is 4.79 Å². The third kappa shape index (κ3) is 2.91. The van der Waals surface area contributed by atoms with Crippen molar-refractivity contribution < 1.29 is 4.79 Å². The first kappa shape index (κ1) is 18.4. The van der Waals surface area contributed by atoms with E-state index in [1.54, 1.807) is 0 Å². The molecule has 0 spiro atoms. The molecule has 1 saturated heterocycles. The van der Waals surface area contributed by atoms with Crippen molar-refractivity contribution in [3.63, 3.8) is 0 Å². The van der Waals surface area contributed by atoms with Crippen LogP contribution in [0.15, 0.2) is 42.5 Å². The summed E-state index contributed by atoms with van der Waals surface area (Å²) in [6.45, 7) is 8.87. The van der Waals surface area contributed by atoms with Gasteiger partial charge in [0, 0.05) is 0 Å². The Morgan fingerprint density at radius 2 is 1.60 bits per heavy atom. The monoisotopic (exact) mass is 403 g/mol. The van der Waals surface area contributed by atoms with E-state index < -0.39 is 4.44 Å². The van der Waals surface area contributed by atoms with E-state index in [0.29, 0.717) is 0 Å². The van der Waals surface area contributed by atoms with Crippen LogP contribution in [0.4, 0.5) is 0 Å². The van der Waals surface area contributed by atoms with Gasteiger partial charge in [-0.2, -0.15) is 0 Å². The number of benzene rings is 2. The molecule has 1 heterocycles. The molecule has 1 fully saturated rings. The number of hydrogen-bond donors (Lipinski definition) is 1. The van der Waals surface area contributed by atoms with Gasteiger partial charge in [-0.3, -0.25) is 0 Å². The van der Waals surface area contributed by atoms with Crippen molar-refractivity contribution in [3.05, 3.63) is 48.0 Å². The predicted molar refractivity (Wildman–Crippen MR) is 104 cm³/mol. The molecule has 1 aliphatic heterocycles. The molecule has 3 nitrogen and oxygen atoms in total. The predicted octanol–water partition coefficient (Wildman–Crippen LogP) is 3.69. The van der Waals surface area contributed by atoms with Crippen LogP contribution in [-0.2, 0) is 9.23 Å². The van der Waals surface area contributed by atoms with Crippen LogP contribution in [0.1, 0.15) is 52.5 Å². The van der Waals surface area contributed by atoms with Gasteiger partial charge >= 0.3 is 159 Å². The van der Waals surface area contributed by atoms with E-state index >= 15 is 0 Å². The Morgan fingerprint density at radius 3 is 2.20 bits per heavy atom. The summed E-state index contributed by atoms with van der Waals surface area (Å²) in [5.41, 5.74) is 6.72. The molecule has 1 amide bonds. The van der Waals surface area contributed by atoms with Gasteiger partial charge in [0.1, 0.15) is 0 Å². The van der Waals surface area contributed by atoms with Crippen molar-refractivity contribution in [2.45, 2.75) is 62.5 Å². The molecule has 3 rings (SSSR count). The fraction of sp³-hybridized carbons (Fsp3) is 0.476. The Labute approximate surface area is 158 Å². The minimum atomic E-state index is -0.992. The Bertz CT molecular complexity index is 793. The zero-order valence-corrected chi connectivity index (χ0v) is 17.2. The van der Waals surface area contributed by atoms with Crippen LogP contribution in [0.25, 0.3) is 10.8 Å². The van der Waals surface area contributed by atoms with Crippen LogP contribution in [0.2, 0.25) is 0 Å². The molecular weight excluding hydrogens is 375 g/mol. The SMILES string of the molecule is CC1(C)CCCC(C)(C)N1C([Se])(C(N)=O)c1cccc2ccccc12. The first-order chi connectivity index (χ1) is 11.6. The number of fused-ring (bicyclic) bond motifs is 1. The van der Waals surface area contributed by atoms with Crippen LogP contribution >= 0.6 is 0 Å². The maximum absolute atomic E-state index is 12.9. The Kier molecular flexibility index (Phi) is 4.51. The summed E-state index contributed by atoms with van der Waals surface area (Å²) in [5.74, 6) is -0.341. The van der Waals surface area contributed by atoms with Gasteiger partial charge in [-0.15, -0.1) is 0 Å². The van der Waals surface area contributed by atoms with Gasteiger partial charge in [-0.1, -0.05) is 0 Å². The summed E-state index contributed by atoms with van der Waals surface area (Å²) in [4.78, 5) is 15.2. The summed E-state index contributed by atoms with van der Waals surface area (Å²) in [6, 6.07) is 14.3. The second-order valence-electron chi connectivity index (χ2n) is 8.35. The average molecular weight is 402 g/mol. The fourth-order valence-corrected chi connectivity index (χ4v) is 6.14. The van der Waals surface area contributed by atoms with Crippen molar-refractivity contribution in [3.8, 4) is 0 Å². The Hall–Kier alpha value is -1.35. The van der Waals surface area contributed by atoms with Crippen molar-refractivity contribution >= 4 is 32.7 Å². The Morgan fingerprint density at radius 1 is 1.04 bits per heavy atom. The zero-order valence-electron chi connectivity index (χ0n) is 15.5. The summed E-state index contributed by atoms with van der Waals surface area (Å²) < 4.78 is -0.992. The van der Waals surface area contributed by atoms with E-state index in [1.165, 1.54) is 0 Å². The van der Waals surface area contributed by atoms with Gasteiger partial charge in [0.15, 0.2) is 0 Å². The maximum atomic E-state index is 12.9. The molecule has 133 valence electrons. The summed E-state index contributed by atoms with van der Waals surface area (Å²) in [5, 5.41) is 2.19. The van der Waals surface area contributed by atoms with E-state index in [4.69, 9.17) is 5.73 Å². The third-order valence-corrected chi connectivity index (χ3v) is 6.86. The molecule has 0 aromatic heterocycles. The number of carbonyl (C=O) groups is 1. The van der Waals surface area contributed by atoms with E-state index in [0.717, 1.165) is 35.6 Å². The topological polar surface area (TPSA) is 46.3 Å². The number of carbonyl (C=O) groups excluding carboxylic acids is 1. The number of rotatable bonds is 3. The quantitative estimate of drug-likeness (QED) is 0.796. The summed E-state index contributed by atoms with van der Waals surface area (Å²) >= 11 is 3.23. The van der Waals surface area contributed by atoms with Crippen molar-refractivity contribution in [1.29, 1.82) is 0 Å². The van der Waals surface area contributed by atoms with Crippen LogP contribution < -0.4 is 5.73 Å². The van der Waals surface area contributed by atoms with E-state index in [2.05, 4.69) is 66.8 Å². The van der Waals surface area contributed by atoms with Crippen LogP contribution in [-0.4, -0.2) is 37.9 Å². The summed E-state index contributed by atoms with van der Waals surface area (Å²) in [6.07, 6.45) is 3.23. The van der Waals surface area contributed by atoms with Gasteiger partial charge in [0.05, 0.1) is 0 Å². The molecule has 2 aromatic rings. The number of nitrogens with zero attached hydrogens (tertiary/aromatic N) is 1. The molecule has 25 heavy (non-hydrogen) atoms.